The number of hydrogen-bond donors (Lipinski definition) is 1. The third-order valence-corrected chi connectivity index (χ3v) is 3.95. The zero-order valence-corrected chi connectivity index (χ0v) is 13.3. The van der Waals surface area contributed by atoms with E-state index in [1.807, 2.05) is 0 Å². The second-order valence-electron chi connectivity index (χ2n) is 5.88. The van der Waals surface area contributed by atoms with Gasteiger partial charge in [0.05, 0.1) is 12.7 Å². The molecule has 0 aliphatic carbocycles. The Morgan fingerprint density at radius 2 is 2.12 bits per heavy atom. The van der Waals surface area contributed by atoms with Crippen molar-refractivity contribution in [3.05, 3.63) is 66.0 Å². The molecule has 0 aliphatic heterocycles. The van der Waals surface area contributed by atoms with E-state index in [0.29, 0.717) is 11.1 Å². The lowest BCUT2D eigenvalue weighted by Gasteiger charge is -2.25. The van der Waals surface area contributed by atoms with E-state index in [-0.39, 0.29) is 13.0 Å². The van der Waals surface area contributed by atoms with Gasteiger partial charge in [-0.3, -0.25) is 4.68 Å². The number of hydrogen-bond acceptors (Lipinski definition) is 4. The van der Waals surface area contributed by atoms with Gasteiger partial charge in [0.15, 0.2) is 5.54 Å². The second kappa shape index (κ2) is 6.42. The average molecular weight is 347 g/mol. The van der Waals surface area contributed by atoms with Crippen molar-refractivity contribution in [2.75, 3.05) is 0 Å². The molecule has 0 radical (unpaired) electrons. The SMILES string of the molecule is CC(Cn1cncn1)(C(=O)O)n1cc(Cc2ccc(F)cc2F)cn1. The summed E-state index contributed by atoms with van der Waals surface area (Å²) in [5.74, 6) is -2.40. The molecule has 0 saturated carbocycles. The molecule has 0 spiro atoms. The van der Waals surface area contributed by atoms with Gasteiger partial charge in [-0.05, 0) is 24.1 Å². The molecule has 1 aromatic carbocycles. The van der Waals surface area contributed by atoms with E-state index in [0.717, 1.165) is 6.07 Å². The highest BCUT2D eigenvalue weighted by Crippen LogP contribution is 2.21. The van der Waals surface area contributed by atoms with Crippen LogP contribution in [0, 0.1) is 11.6 Å². The zero-order chi connectivity index (χ0) is 18.0. The first-order chi connectivity index (χ1) is 11.9. The van der Waals surface area contributed by atoms with Crippen molar-refractivity contribution in [1.29, 1.82) is 0 Å². The van der Waals surface area contributed by atoms with Crippen molar-refractivity contribution in [3.8, 4) is 0 Å². The molecule has 130 valence electrons. The fourth-order valence-corrected chi connectivity index (χ4v) is 2.47. The van der Waals surface area contributed by atoms with Crippen molar-refractivity contribution in [2.24, 2.45) is 0 Å². The molecular formula is C16H15F2N5O2. The predicted octanol–water partition coefficient (Wildman–Crippen LogP) is 1.84. The third-order valence-electron chi connectivity index (χ3n) is 3.95. The molecule has 7 nitrogen and oxygen atoms in total. The molecule has 0 fully saturated rings. The molecule has 0 amide bonds. The highest BCUT2D eigenvalue weighted by molar-refractivity contribution is 5.76. The van der Waals surface area contributed by atoms with Gasteiger partial charge in [0.1, 0.15) is 24.3 Å². The van der Waals surface area contributed by atoms with E-state index in [2.05, 4.69) is 15.2 Å². The fourth-order valence-electron chi connectivity index (χ4n) is 2.47. The minimum absolute atomic E-state index is 0.0222. The molecule has 1 unspecified atom stereocenters. The van der Waals surface area contributed by atoms with Crippen molar-refractivity contribution >= 4 is 5.97 Å². The Morgan fingerprint density at radius 1 is 1.32 bits per heavy atom. The molecule has 1 N–H and O–H groups in total. The summed E-state index contributed by atoms with van der Waals surface area (Å²) < 4.78 is 29.5. The summed E-state index contributed by atoms with van der Waals surface area (Å²) in [6, 6.07) is 3.34. The van der Waals surface area contributed by atoms with Gasteiger partial charge < -0.3 is 5.11 Å². The molecule has 0 aliphatic rings. The normalized spacial score (nSPS) is 13.6. The monoisotopic (exact) mass is 347 g/mol. The molecule has 2 heterocycles. The molecule has 0 saturated heterocycles. The Morgan fingerprint density at radius 3 is 2.76 bits per heavy atom. The average Bonchev–Trinajstić information content (AvgIpc) is 3.21. The lowest BCUT2D eigenvalue weighted by atomic mass is 10.0. The van der Waals surface area contributed by atoms with Crippen LogP contribution in [0.25, 0.3) is 0 Å². The number of rotatable bonds is 6. The molecule has 9 heteroatoms. The minimum atomic E-state index is -1.40. The van der Waals surface area contributed by atoms with Crippen molar-refractivity contribution < 1.29 is 18.7 Å². The number of carboxylic acids is 1. The van der Waals surface area contributed by atoms with E-state index in [4.69, 9.17) is 0 Å². The van der Waals surface area contributed by atoms with Crippen LogP contribution in [-0.2, 0) is 23.3 Å². The summed E-state index contributed by atoms with van der Waals surface area (Å²) in [6.07, 6.45) is 5.90. The van der Waals surface area contributed by atoms with E-state index < -0.39 is 23.1 Å². The van der Waals surface area contributed by atoms with Gasteiger partial charge in [0.25, 0.3) is 0 Å². The highest BCUT2D eigenvalue weighted by Gasteiger charge is 2.37. The Hall–Kier alpha value is -3.10. The van der Waals surface area contributed by atoms with Crippen molar-refractivity contribution in [1.82, 2.24) is 24.5 Å². The lowest BCUT2D eigenvalue weighted by molar-refractivity contribution is -0.148. The molecule has 1 atom stereocenters. The topological polar surface area (TPSA) is 85.8 Å². The summed E-state index contributed by atoms with van der Waals surface area (Å²) in [4.78, 5) is 15.6. The number of nitrogens with zero attached hydrogens (tertiary/aromatic N) is 5. The number of aromatic nitrogens is 5. The standard InChI is InChI=1S/C16H15F2N5O2/c1-16(15(24)25,8-22-10-19-9-21-22)23-7-11(6-20-23)4-12-2-3-13(17)5-14(12)18/h2-3,5-7,9-10H,4,8H2,1H3,(H,24,25). The van der Waals surface area contributed by atoms with Gasteiger partial charge in [0, 0.05) is 18.7 Å². The number of aliphatic carboxylic acids is 1. The van der Waals surface area contributed by atoms with Crippen LogP contribution < -0.4 is 0 Å². The van der Waals surface area contributed by atoms with Gasteiger partial charge in [-0.25, -0.2) is 23.2 Å². The largest absolute Gasteiger partial charge is 0.479 e. The van der Waals surface area contributed by atoms with E-state index in [1.54, 1.807) is 0 Å². The highest BCUT2D eigenvalue weighted by atomic mass is 19.1. The Labute approximate surface area is 141 Å². The maximum atomic E-state index is 13.8. The summed E-state index contributed by atoms with van der Waals surface area (Å²) in [7, 11) is 0. The van der Waals surface area contributed by atoms with E-state index >= 15 is 0 Å². The van der Waals surface area contributed by atoms with Crippen LogP contribution in [0.3, 0.4) is 0 Å². The van der Waals surface area contributed by atoms with Crippen LogP contribution in [0.2, 0.25) is 0 Å². The first-order valence-corrected chi connectivity index (χ1v) is 7.42. The molecule has 0 bridgehead atoms. The summed E-state index contributed by atoms with van der Waals surface area (Å²) in [6.45, 7) is 1.53. The Balaban J connectivity index is 1.86. The minimum Gasteiger partial charge on any atom is -0.479 e. The number of carbonyl (C=O) groups is 1. The van der Waals surface area contributed by atoms with Crippen molar-refractivity contribution in [3.63, 3.8) is 0 Å². The van der Waals surface area contributed by atoms with Crippen LogP contribution >= 0.6 is 0 Å². The molecule has 2 aromatic heterocycles. The second-order valence-corrected chi connectivity index (χ2v) is 5.88. The number of carboxylic acid groups (broad SMARTS) is 1. The van der Waals surface area contributed by atoms with Gasteiger partial charge in [-0.15, -0.1) is 0 Å². The summed E-state index contributed by atoms with van der Waals surface area (Å²) in [5.41, 5.74) is -0.487. The van der Waals surface area contributed by atoms with Gasteiger partial charge >= 0.3 is 5.97 Å². The Bertz CT molecular complexity index is 894. The smallest absolute Gasteiger partial charge is 0.333 e. The van der Waals surface area contributed by atoms with Gasteiger partial charge in [0.2, 0.25) is 0 Å². The first kappa shape index (κ1) is 16.7. The summed E-state index contributed by atoms with van der Waals surface area (Å²) >= 11 is 0. The van der Waals surface area contributed by atoms with Crippen molar-refractivity contribution in [2.45, 2.75) is 25.4 Å². The Kier molecular flexibility index (Phi) is 4.30. The maximum Gasteiger partial charge on any atom is 0.333 e. The van der Waals surface area contributed by atoms with Gasteiger partial charge in [-0.2, -0.15) is 10.2 Å². The quantitative estimate of drug-likeness (QED) is 0.735. The molecular weight excluding hydrogens is 332 g/mol. The zero-order valence-electron chi connectivity index (χ0n) is 13.3. The maximum absolute atomic E-state index is 13.8. The predicted molar refractivity (Wildman–Crippen MR) is 82.7 cm³/mol. The lowest BCUT2D eigenvalue weighted by Crippen LogP contribution is -2.43. The number of benzene rings is 1. The van der Waals surface area contributed by atoms with Gasteiger partial charge in [-0.1, -0.05) is 6.07 Å². The molecule has 25 heavy (non-hydrogen) atoms. The molecule has 3 rings (SSSR count). The van der Waals surface area contributed by atoms with Crippen LogP contribution in [0.15, 0.2) is 43.2 Å². The third kappa shape index (κ3) is 3.39. The first-order valence-electron chi connectivity index (χ1n) is 7.42. The van der Waals surface area contributed by atoms with E-state index in [1.165, 1.54) is 53.5 Å². The van der Waals surface area contributed by atoms with E-state index in [9.17, 15) is 18.7 Å². The fraction of sp³-hybridized carbons (Fsp3) is 0.250. The van der Waals surface area contributed by atoms with Crippen LogP contribution in [0.4, 0.5) is 8.78 Å². The van der Waals surface area contributed by atoms with Crippen LogP contribution in [-0.4, -0.2) is 35.6 Å². The summed E-state index contributed by atoms with van der Waals surface area (Å²) in [5, 5.41) is 17.7. The number of halogens is 2. The van der Waals surface area contributed by atoms with Crippen LogP contribution in [0.5, 0.6) is 0 Å². The van der Waals surface area contributed by atoms with Crippen LogP contribution in [0.1, 0.15) is 18.1 Å². The molecule has 3 aromatic rings.